The second-order valence-corrected chi connectivity index (χ2v) is 6.68. The summed E-state index contributed by atoms with van der Waals surface area (Å²) >= 11 is 1.72. The van der Waals surface area contributed by atoms with Gasteiger partial charge >= 0.3 is 6.09 Å². The number of hydrogen-bond donors (Lipinski definition) is 0. The van der Waals surface area contributed by atoms with Crippen molar-refractivity contribution in [3.63, 3.8) is 0 Å². The van der Waals surface area contributed by atoms with E-state index in [2.05, 4.69) is 11.4 Å². The van der Waals surface area contributed by atoms with Gasteiger partial charge in [0.05, 0.1) is 6.04 Å². The van der Waals surface area contributed by atoms with Gasteiger partial charge in [0, 0.05) is 11.4 Å². The largest absolute Gasteiger partial charge is 0.444 e. The number of hydrogen-bond acceptors (Lipinski definition) is 3. The summed E-state index contributed by atoms with van der Waals surface area (Å²) in [5.41, 5.74) is -0.422. The molecule has 0 N–H and O–H groups in total. The number of likely N-dealkylation sites (tertiary alicyclic amines) is 1. The Morgan fingerprint density at radius 3 is 2.83 bits per heavy atom. The smallest absolute Gasteiger partial charge is 0.410 e. The number of carbonyl (C=O) groups excluding carboxylic acids is 1. The van der Waals surface area contributed by atoms with E-state index in [-0.39, 0.29) is 12.1 Å². The van der Waals surface area contributed by atoms with Gasteiger partial charge in [0.25, 0.3) is 0 Å². The lowest BCUT2D eigenvalue weighted by molar-refractivity contribution is 0.00994. The van der Waals surface area contributed by atoms with E-state index in [1.54, 1.807) is 11.3 Å². The van der Waals surface area contributed by atoms with Gasteiger partial charge in [-0.3, -0.25) is 0 Å². The third-order valence-electron chi connectivity index (χ3n) is 3.00. The predicted octanol–water partition coefficient (Wildman–Crippen LogP) is 4.21. The van der Waals surface area contributed by atoms with Gasteiger partial charge in [-0.15, -0.1) is 11.3 Å². The van der Waals surface area contributed by atoms with Crippen LogP contribution in [0.5, 0.6) is 0 Å². The van der Waals surface area contributed by atoms with Crippen molar-refractivity contribution in [1.29, 1.82) is 0 Å². The fourth-order valence-electron chi connectivity index (χ4n) is 2.25. The number of thiophene rings is 1. The molecule has 1 amide bonds. The molecule has 1 saturated heterocycles. The van der Waals surface area contributed by atoms with E-state index in [0.717, 1.165) is 19.4 Å². The molecule has 0 saturated carbocycles. The topological polar surface area (TPSA) is 29.5 Å². The minimum Gasteiger partial charge on any atom is -0.444 e. The molecule has 2 heterocycles. The third kappa shape index (κ3) is 3.25. The molecular formula is C14H21NO2S. The Balaban J connectivity index is 2.11. The van der Waals surface area contributed by atoms with Crippen LogP contribution in [0, 0.1) is 0 Å². The second-order valence-electron chi connectivity index (χ2n) is 5.70. The summed E-state index contributed by atoms with van der Waals surface area (Å²) in [4.78, 5) is 15.4. The number of ether oxygens (including phenoxy) is 1. The second kappa shape index (κ2) is 5.31. The molecule has 0 aliphatic carbocycles. The molecule has 1 aliphatic rings. The molecule has 0 bridgehead atoms. The Hall–Kier alpha value is -1.03. The van der Waals surface area contributed by atoms with Gasteiger partial charge in [0.15, 0.2) is 0 Å². The number of amides is 1. The van der Waals surface area contributed by atoms with E-state index in [1.165, 1.54) is 11.3 Å². The summed E-state index contributed by atoms with van der Waals surface area (Å²) in [5, 5.41) is 2.07. The zero-order valence-electron chi connectivity index (χ0n) is 11.3. The molecule has 1 aromatic rings. The van der Waals surface area contributed by atoms with Crippen LogP contribution in [0.3, 0.4) is 0 Å². The first kappa shape index (κ1) is 13.4. The summed E-state index contributed by atoms with van der Waals surface area (Å²) in [6.45, 7) is 6.54. The average molecular weight is 267 g/mol. The quantitative estimate of drug-likeness (QED) is 0.762. The van der Waals surface area contributed by atoms with E-state index in [1.807, 2.05) is 31.7 Å². The molecule has 100 valence electrons. The summed E-state index contributed by atoms with van der Waals surface area (Å²) < 4.78 is 5.50. The normalized spacial score (nSPS) is 20.8. The highest BCUT2D eigenvalue weighted by molar-refractivity contribution is 7.10. The van der Waals surface area contributed by atoms with Gasteiger partial charge in [-0.05, 0) is 51.5 Å². The Morgan fingerprint density at radius 2 is 2.22 bits per heavy atom. The van der Waals surface area contributed by atoms with E-state index in [4.69, 9.17) is 4.74 Å². The minimum atomic E-state index is -0.422. The molecule has 1 aromatic heterocycles. The Kier molecular flexibility index (Phi) is 3.95. The van der Waals surface area contributed by atoms with Crippen LogP contribution < -0.4 is 0 Å². The van der Waals surface area contributed by atoms with Crippen molar-refractivity contribution in [3.05, 3.63) is 22.4 Å². The predicted molar refractivity (Wildman–Crippen MR) is 73.9 cm³/mol. The first-order chi connectivity index (χ1) is 8.47. The van der Waals surface area contributed by atoms with Gasteiger partial charge in [-0.1, -0.05) is 6.07 Å². The van der Waals surface area contributed by atoms with E-state index in [9.17, 15) is 4.79 Å². The van der Waals surface area contributed by atoms with Crippen LogP contribution in [0.1, 0.15) is 51.0 Å². The van der Waals surface area contributed by atoms with Crippen LogP contribution in [0.4, 0.5) is 4.79 Å². The SMILES string of the molecule is CC(C)(C)OC(=O)N1CCCC[C@H]1c1cccs1. The molecule has 1 aliphatic heterocycles. The Morgan fingerprint density at radius 1 is 1.44 bits per heavy atom. The molecule has 0 spiro atoms. The number of carbonyl (C=O) groups is 1. The molecule has 1 atom stereocenters. The molecule has 18 heavy (non-hydrogen) atoms. The molecule has 2 rings (SSSR count). The van der Waals surface area contributed by atoms with Crippen LogP contribution in [-0.2, 0) is 4.74 Å². The minimum absolute atomic E-state index is 0.180. The van der Waals surface area contributed by atoms with Crippen LogP contribution in [0.2, 0.25) is 0 Å². The van der Waals surface area contributed by atoms with E-state index < -0.39 is 5.60 Å². The van der Waals surface area contributed by atoms with Crippen LogP contribution in [-0.4, -0.2) is 23.1 Å². The highest BCUT2D eigenvalue weighted by Gasteiger charge is 2.31. The highest BCUT2D eigenvalue weighted by Crippen LogP contribution is 2.34. The van der Waals surface area contributed by atoms with Crippen LogP contribution in [0.15, 0.2) is 17.5 Å². The van der Waals surface area contributed by atoms with Crippen molar-refractivity contribution in [2.24, 2.45) is 0 Å². The Bertz CT molecular complexity index is 394. The monoisotopic (exact) mass is 267 g/mol. The lowest BCUT2D eigenvalue weighted by Gasteiger charge is -2.36. The Labute approximate surface area is 113 Å². The molecule has 0 aromatic carbocycles. The third-order valence-corrected chi connectivity index (χ3v) is 3.98. The maximum absolute atomic E-state index is 12.2. The molecular weight excluding hydrogens is 246 g/mol. The van der Waals surface area contributed by atoms with Crippen molar-refractivity contribution in [2.45, 2.75) is 51.7 Å². The van der Waals surface area contributed by atoms with E-state index >= 15 is 0 Å². The maximum Gasteiger partial charge on any atom is 0.410 e. The standard InChI is InChI=1S/C14H21NO2S/c1-14(2,3)17-13(16)15-9-5-4-7-11(15)12-8-6-10-18-12/h6,8,10-11H,4-5,7,9H2,1-3H3/t11-/m0/s1. The lowest BCUT2D eigenvalue weighted by Crippen LogP contribution is -2.41. The summed E-state index contributed by atoms with van der Waals surface area (Å²) in [6, 6.07) is 4.36. The van der Waals surface area contributed by atoms with Crippen molar-refractivity contribution in [3.8, 4) is 0 Å². The number of piperidine rings is 1. The molecule has 0 radical (unpaired) electrons. The van der Waals surface area contributed by atoms with Gasteiger partial charge in [0.2, 0.25) is 0 Å². The number of rotatable bonds is 1. The van der Waals surface area contributed by atoms with E-state index in [0.29, 0.717) is 0 Å². The van der Waals surface area contributed by atoms with Gasteiger partial charge in [-0.25, -0.2) is 4.79 Å². The summed E-state index contributed by atoms with van der Waals surface area (Å²) in [7, 11) is 0. The first-order valence-electron chi connectivity index (χ1n) is 6.50. The van der Waals surface area contributed by atoms with Gasteiger partial charge in [0.1, 0.15) is 5.60 Å². The van der Waals surface area contributed by atoms with Crippen molar-refractivity contribution in [2.75, 3.05) is 6.54 Å². The molecule has 0 unspecified atom stereocenters. The molecule has 4 heteroatoms. The van der Waals surface area contributed by atoms with Crippen molar-refractivity contribution in [1.82, 2.24) is 4.90 Å². The van der Waals surface area contributed by atoms with Crippen molar-refractivity contribution >= 4 is 17.4 Å². The number of nitrogens with zero attached hydrogens (tertiary/aromatic N) is 1. The van der Waals surface area contributed by atoms with Crippen LogP contribution in [0.25, 0.3) is 0 Å². The molecule has 1 fully saturated rings. The van der Waals surface area contributed by atoms with Gasteiger partial charge < -0.3 is 9.64 Å². The summed E-state index contributed by atoms with van der Waals surface area (Å²) in [5.74, 6) is 0. The lowest BCUT2D eigenvalue weighted by atomic mass is 10.0. The zero-order chi connectivity index (χ0) is 13.2. The average Bonchev–Trinajstić information content (AvgIpc) is 2.80. The molecule has 3 nitrogen and oxygen atoms in total. The summed E-state index contributed by atoms with van der Waals surface area (Å²) in [6.07, 6.45) is 3.11. The van der Waals surface area contributed by atoms with Gasteiger partial charge in [-0.2, -0.15) is 0 Å². The van der Waals surface area contributed by atoms with Crippen molar-refractivity contribution < 1.29 is 9.53 Å². The maximum atomic E-state index is 12.2. The van der Waals surface area contributed by atoms with Crippen LogP contribution >= 0.6 is 11.3 Å². The fourth-order valence-corrected chi connectivity index (χ4v) is 3.12. The zero-order valence-corrected chi connectivity index (χ0v) is 12.1. The first-order valence-corrected chi connectivity index (χ1v) is 7.38. The fraction of sp³-hybridized carbons (Fsp3) is 0.643. The highest BCUT2D eigenvalue weighted by atomic mass is 32.1.